The Morgan fingerprint density at radius 3 is 1.47 bits per heavy atom. The zero-order valence-electron chi connectivity index (χ0n) is 18.4. The lowest BCUT2D eigenvalue weighted by Gasteiger charge is -2.35. The van der Waals surface area contributed by atoms with Gasteiger partial charge in [-0.1, -0.05) is 45.0 Å². The minimum absolute atomic E-state index is 0.0452. The van der Waals surface area contributed by atoms with Crippen molar-refractivity contribution in [1.82, 2.24) is 14.7 Å². The molecule has 0 unspecified atom stereocenters. The van der Waals surface area contributed by atoms with Crippen molar-refractivity contribution in [2.75, 3.05) is 39.3 Å². The first-order valence-corrected chi connectivity index (χ1v) is 11.0. The Balaban J connectivity index is 1.55. The summed E-state index contributed by atoms with van der Waals surface area (Å²) in [7, 11) is 0. The molecule has 0 atom stereocenters. The largest absolute Gasteiger partial charge is 0.335 e. The number of carbonyl (C=O) groups is 2. The molecule has 0 N–H and O–H groups in total. The van der Waals surface area contributed by atoms with Crippen molar-refractivity contribution in [2.45, 2.75) is 33.7 Å². The van der Waals surface area contributed by atoms with Crippen LogP contribution in [-0.2, 0) is 13.0 Å². The van der Waals surface area contributed by atoms with Crippen molar-refractivity contribution in [3.05, 3.63) is 70.8 Å². The first-order valence-electron chi connectivity index (χ1n) is 11.0. The lowest BCUT2D eigenvalue weighted by Crippen LogP contribution is -2.50. The summed E-state index contributed by atoms with van der Waals surface area (Å²) >= 11 is 0. The van der Waals surface area contributed by atoms with E-state index in [9.17, 15) is 9.59 Å². The fourth-order valence-corrected chi connectivity index (χ4v) is 3.82. The third kappa shape index (κ3) is 5.28. The average Bonchev–Trinajstić information content (AvgIpc) is 2.82. The molecule has 1 fully saturated rings. The van der Waals surface area contributed by atoms with Crippen molar-refractivity contribution < 1.29 is 9.59 Å². The van der Waals surface area contributed by atoms with Crippen LogP contribution in [0, 0.1) is 0 Å². The smallest absolute Gasteiger partial charge is 0.253 e. The van der Waals surface area contributed by atoms with Crippen LogP contribution in [0.2, 0.25) is 0 Å². The molecule has 2 aromatic rings. The molecule has 160 valence electrons. The SMILES string of the molecule is CCc1ccc(C(=O)N2CCN(C(=O)c3ccc(CN(CC)CC)cc3)CC2)cc1. The number of hydrogen-bond acceptors (Lipinski definition) is 3. The standard InChI is InChI=1S/C25H33N3O2/c1-4-20-7-11-22(12-8-20)24(29)27-15-17-28(18-16-27)25(30)23-13-9-21(10-14-23)19-26(5-2)6-3/h7-14H,4-6,15-19H2,1-3H3. The first-order chi connectivity index (χ1) is 14.5. The molecular weight excluding hydrogens is 374 g/mol. The lowest BCUT2D eigenvalue weighted by atomic mass is 10.1. The highest BCUT2D eigenvalue weighted by molar-refractivity contribution is 5.96. The number of hydrogen-bond donors (Lipinski definition) is 0. The maximum absolute atomic E-state index is 12.9. The van der Waals surface area contributed by atoms with E-state index >= 15 is 0 Å². The predicted molar refractivity (Wildman–Crippen MR) is 121 cm³/mol. The number of nitrogens with zero attached hydrogens (tertiary/aromatic N) is 3. The summed E-state index contributed by atoms with van der Waals surface area (Å²) in [6.45, 7) is 11.6. The molecule has 1 heterocycles. The van der Waals surface area contributed by atoms with Gasteiger partial charge in [0.2, 0.25) is 0 Å². The summed E-state index contributed by atoms with van der Waals surface area (Å²) < 4.78 is 0. The van der Waals surface area contributed by atoms with Gasteiger partial charge in [-0.15, -0.1) is 0 Å². The Kier molecular flexibility index (Phi) is 7.63. The number of piperazine rings is 1. The van der Waals surface area contributed by atoms with E-state index in [-0.39, 0.29) is 11.8 Å². The molecule has 5 heteroatoms. The minimum atomic E-state index is 0.0452. The van der Waals surface area contributed by atoms with E-state index < -0.39 is 0 Å². The van der Waals surface area contributed by atoms with E-state index in [2.05, 4.69) is 25.7 Å². The van der Waals surface area contributed by atoms with Crippen LogP contribution in [0.25, 0.3) is 0 Å². The van der Waals surface area contributed by atoms with Gasteiger partial charge in [0.05, 0.1) is 0 Å². The highest BCUT2D eigenvalue weighted by Gasteiger charge is 2.25. The van der Waals surface area contributed by atoms with E-state index in [1.807, 2.05) is 58.3 Å². The Labute approximate surface area is 180 Å². The third-order valence-electron chi connectivity index (χ3n) is 5.96. The highest BCUT2D eigenvalue weighted by atomic mass is 16.2. The molecule has 2 aromatic carbocycles. The summed E-state index contributed by atoms with van der Waals surface area (Å²) in [6.07, 6.45) is 0.964. The van der Waals surface area contributed by atoms with E-state index in [0.29, 0.717) is 31.7 Å². The van der Waals surface area contributed by atoms with Crippen molar-refractivity contribution >= 4 is 11.8 Å². The second kappa shape index (κ2) is 10.4. The summed E-state index contributed by atoms with van der Waals surface area (Å²) in [6, 6.07) is 15.8. The van der Waals surface area contributed by atoms with Crippen LogP contribution in [0.15, 0.2) is 48.5 Å². The van der Waals surface area contributed by atoms with Crippen molar-refractivity contribution in [3.63, 3.8) is 0 Å². The molecule has 3 rings (SSSR count). The zero-order valence-corrected chi connectivity index (χ0v) is 18.4. The molecule has 30 heavy (non-hydrogen) atoms. The molecule has 1 aliphatic heterocycles. The Morgan fingerprint density at radius 2 is 1.10 bits per heavy atom. The van der Waals surface area contributed by atoms with Crippen LogP contribution in [0.1, 0.15) is 52.6 Å². The average molecular weight is 408 g/mol. The normalized spacial score (nSPS) is 14.3. The third-order valence-corrected chi connectivity index (χ3v) is 5.96. The number of benzene rings is 2. The second-order valence-corrected chi connectivity index (χ2v) is 7.79. The molecule has 1 aliphatic rings. The van der Waals surface area contributed by atoms with Crippen molar-refractivity contribution in [3.8, 4) is 0 Å². The molecule has 0 bridgehead atoms. The molecule has 0 saturated carbocycles. The maximum Gasteiger partial charge on any atom is 0.253 e. The van der Waals surface area contributed by atoms with Gasteiger partial charge in [-0.3, -0.25) is 14.5 Å². The predicted octanol–water partition coefficient (Wildman–Crippen LogP) is 3.69. The van der Waals surface area contributed by atoms with Gasteiger partial charge in [0.1, 0.15) is 0 Å². The number of aryl methyl sites for hydroxylation is 1. The Bertz CT molecular complexity index is 834. The fourth-order valence-electron chi connectivity index (χ4n) is 3.82. The quantitative estimate of drug-likeness (QED) is 0.703. The lowest BCUT2D eigenvalue weighted by molar-refractivity contribution is 0.0535. The molecular formula is C25H33N3O2. The molecule has 0 spiro atoms. The summed E-state index contributed by atoms with van der Waals surface area (Å²) in [5.74, 6) is 0.0919. The first kappa shape index (κ1) is 22.0. The van der Waals surface area contributed by atoms with E-state index in [1.165, 1.54) is 11.1 Å². The highest BCUT2D eigenvalue weighted by Crippen LogP contribution is 2.14. The molecule has 5 nitrogen and oxygen atoms in total. The number of amides is 2. The van der Waals surface area contributed by atoms with Gasteiger partial charge >= 0.3 is 0 Å². The van der Waals surface area contributed by atoms with E-state index in [1.54, 1.807) is 0 Å². The summed E-state index contributed by atoms with van der Waals surface area (Å²) in [5, 5.41) is 0. The van der Waals surface area contributed by atoms with Crippen LogP contribution in [0.5, 0.6) is 0 Å². The van der Waals surface area contributed by atoms with Crippen LogP contribution >= 0.6 is 0 Å². The van der Waals surface area contributed by atoms with Crippen molar-refractivity contribution in [1.29, 1.82) is 0 Å². The van der Waals surface area contributed by atoms with Gasteiger partial charge in [0.15, 0.2) is 0 Å². The fraction of sp³-hybridized carbons (Fsp3) is 0.440. The van der Waals surface area contributed by atoms with Gasteiger partial charge in [0, 0.05) is 43.9 Å². The summed E-state index contributed by atoms with van der Waals surface area (Å²) in [4.78, 5) is 31.7. The van der Waals surface area contributed by atoms with Crippen LogP contribution in [-0.4, -0.2) is 65.8 Å². The van der Waals surface area contributed by atoms with Gasteiger partial charge < -0.3 is 9.80 Å². The van der Waals surface area contributed by atoms with Crippen molar-refractivity contribution in [2.24, 2.45) is 0 Å². The van der Waals surface area contributed by atoms with Crippen LogP contribution in [0.3, 0.4) is 0 Å². The monoisotopic (exact) mass is 407 g/mol. The van der Waals surface area contributed by atoms with Gasteiger partial charge in [-0.05, 0) is 54.9 Å². The Hall–Kier alpha value is -2.66. The minimum Gasteiger partial charge on any atom is -0.335 e. The van der Waals surface area contributed by atoms with E-state index in [4.69, 9.17) is 0 Å². The molecule has 1 saturated heterocycles. The Morgan fingerprint density at radius 1 is 0.700 bits per heavy atom. The maximum atomic E-state index is 12.9. The zero-order chi connectivity index (χ0) is 21.5. The molecule has 0 aliphatic carbocycles. The van der Waals surface area contributed by atoms with Gasteiger partial charge in [0.25, 0.3) is 11.8 Å². The molecule has 2 amide bonds. The number of rotatable bonds is 7. The summed E-state index contributed by atoms with van der Waals surface area (Å²) in [5.41, 5.74) is 3.88. The topological polar surface area (TPSA) is 43.9 Å². The van der Waals surface area contributed by atoms with Gasteiger partial charge in [-0.2, -0.15) is 0 Å². The van der Waals surface area contributed by atoms with E-state index in [0.717, 1.165) is 31.6 Å². The second-order valence-electron chi connectivity index (χ2n) is 7.79. The molecule has 0 aromatic heterocycles. The van der Waals surface area contributed by atoms with Crippen LogP contribution < -0.4 is 0 Å². The van der Waals surface area contributed by atoms with Gasteiger partial charge in [-0.25, -0.2) is 0 Å². The molecule has 0 radical (unpaired) electrons. The van der Waals surface area contributed by atoms with Crippen LogP contribution in [0.4, 0.5) is 0 Å². The number of carbonyl (C=O) groups excluding carboxylic acids is 2.